The minimum Gasteiger partial charge on any atom is -0.369 e. The van der Waals surface area contributed by atoms with Crippen LogP contribution in [0, 0.1) is 5.82 Å². The third-order valence-corrected chi connectivity index (χ3v) is 4.75. The molecule has 2 amide bonds. The zero-order chi connectivity index (χ0) is 20.9. The maximum absolute atomic E-state index is 13.0. The molecule has 0 bridgehead atoms. The van der Waals surface area contributed by atoms with Gasteiger partial charge in [0, 0.05) is 50.6 Å². The number of nitrogens with one attached hydrogen (secondary N) is 2. The minimum atomic E-state index is -4.40. The highest BCUT2D eigenvalue weighted by molar-refractivity contribution is 5.89. The normalized spacial score (nSPS) is 15.2. The van der Waals surface area contributed by atoms with Gasteiger partial charge in [-0.2, -0.15) is 13.2 Å². The van der Waals surface area contributed by atoms with Gasteiger partial charge in [-0.15, -0.1) is 0 Å². The first-order valence-corrected chi connectivity index (χ1v) is 9.26. The number of anilines is 2. The fourth-order valence-corrected chi connectivity index (χ4v) is 3.13. The van der Waals surface area contributed by atoms with E-state index >= 15 is 0 Å². The van der Waals surface area contributed by atoms with E-state index in [0.717, 1.165) is 44.0 Å². The van der Waals surface area contributed by atoms with Crippen LogP contribution >= 0.6 is 0 Å². The van der Waals surface area contributed by atoms with Crippen LogP contribution < -0.4 is 15.5 Å². The van der Waals surface area contributed by atoms with Crippen molar-refractivity contribution in [2.75, 3.05) is 49.5 Å². The van der Waals surface area contributed by atoms with Crippen LogP contribution in [-0.2, 0) is 6.18 Å². The number of hydrogen-bond acceptors (Lipinski definition) is 3. The average Bonchev–Trinajstić information content (AvgIpc) is 2.69. The number of nitrogens with zero attached hydrogens (tertiary/aromatic N) is 2. The third kappa shape index (κ3) is 6.08. The monoisotopic (exact) mass is 410 g/mol. The lowest BCUT2D eigenvalue weighted by Crippen LogP contribution is -2.48. The molecule has 2 aromatic carbocycles. The number of hydrogen-bond donors (Lipinski definition) is 2. The van der Waals surface area contributed by atoms with Crippen LogP contribution in [0.3, 0.4) is 0 Å². The lowest BCUT2D eigenvalue weighted by atomic mass is 10.2. The quantitative estimate of drug-likeness (QED) is 0.738. The maximum Gasteiger partial charge on any atom is 0.416 e. The summed E-state index contributed by atoms with van der Waals surface area (Å²) in [6.45, 7) is 4.34. The predicted octanol–water partition coefficient (Wildman–Crippen LogP) is 3.79. The molecule has 9 heteroatoms. The summed E-state index contributed by atoms with van der Waals surface area (Å²) in [7, 11) is 0. The molecule has 0 aliphatic carbocycles. The zero-order valence-electron chi connectivity index (χ0n) is 15.7. The van der Waals surface area contributed by atoms with Gasteiger partial charge in [0.15, 0.2) is 0 Å². The molecule has 0 radical (unpaired) electrons. The summed E-state index contributed by atoms with van der Waals surface area (Å²) < 4.78 is 50.6. The van der Waals surface area contributed by atoms with Gasteiger partial charge >= 0.3 is 12.2 Å². The van der Waals surface area contributed by atoms with Crippen molar-refractivity contribution in [1.82, 2.24) is 10.2 Å². The standard InChI is InChI=1S/C20H22F4N4O/c21-16-3-7-18(8-4-16)28-13-11-27(12-14-28)10-9-25-19(29)26-17-5-1-15(2-6-17)20(22,23)24/h1-8H,9-14H2,(H2,25,26,29). The number of amides is 2. The van der Waals surface area contributed by atoms with E-state index in [2.05, 4.69) is 20.4 Å². The van der Waals surface area contributed by atoms with Crippen molar-refractivity contribution in [1.29, 1.82) is 0 Å². The summed E-state index contributed by atoms with van der Waals surface area (Å²) in [6, 6.07) is 10.2. The Morgan fingerprint density at radius 2 is 1.55 bits per heavy atom. The van der Waals surface area contributed by atoms with E-state index in [-0.39, 0.29) is 5.82 Å². The molecule has 156 valence electrons. The highest BCUT2D eigenvalue weighted by Crippen LogP contribution is 2.29. The van der Waals surface area contributed by atoms with Crippen molar-refractivity contribution in [3.05, 3.63) is 59.9 Å². The molecule has 29 heavy (non-hydrogen) atoms. The molecule has 1 aliphatic heterocycles. The average molecular weight is 410 g/mol. The molecule has 5 nitrogen and oxygen atoms in total. The highest BCUT2D eigenvalue weighted by atomic mass is 19.4. The second-order valence-corrected chi connectivity index (χ2v) is 6.76. The molecular formula is C20H22F4N4O. The van der Waals surface area contributed by atoms with Gasteiger partial charge in [0.05, 0.1) is 5.56 Å². The van der Waals surface area contributed by atoms with Crippen molar-refractivity contribution in [3.8, 4) is 0 Å². The SMILES string of the molecule is O=C(NCCN1CCN(c2ccc(F)cc2)CC1)Nc1ccc(C(F)(F)F)cc1. The first-order valence-electron chi connectivity index (χ1n) is 9.26. The topological polar surface area (TPSA) is 47.6 Å². The molecule has 2 aromatic rings. The van der Waals surface area contributed by atoms with Gasteiger partial charge in [0.25, 0.3) is 0 Å². The number of benzene rings is 2. The Labute approximate surface area is 166 Å². The van der Waals surface area contributed by atoms with Gasteiger partial charge in [-0.25, -0.2) is 9.18 Å². The van der Waals surface area contributed by atoms with Crippen LogP contribution in [0.1, 0.15) is 5.56 Å². The molecule has 0 saturated carbocycles. The lowest BCUT2D eigenvalue weighted by Gasteiger charge is -2.36. The van der Waals surface area contributed by atoms with Crippen LogP contribution in [-0.4, -0.2) is 50.2 Å². The maximum atomic E-state index is 13.0. The Balaban J connectivity index is 1.36. The summed E-state index contributed by atoms with van der Waals surface area (Å²) >= 11 is 0. The fourth-order valence-electron chi connectivity index (χ4n) is 3.13. The molecule has 0 spiro atoms. The second-order valence-electron chi connectivity index (χ2n) is 6.76. The number of halogens is 4. The van der Waals surface area contributed by atoms with E-state index in [1.165, 1.54) is 24.3 Å². The van der Waals surface area contributed by atoms with Crippen LogP contribution in [0.25, 0.3) is 0 Å². The summed E-state index contributed by atoms with van der Waals surface area (Å²) in [5, 5.41) is 5.22. The fraction of sp³-hybridized carbons (Fsp3) is 0.350. The van der Waals surface area contributed by atoms with Crippen molar-refractivity contribution >= 4 is 17.4 Å². The van der Waals surface area contributed by atoms with Gasteiger partial charge in [0.1, 0.15) is 5.82 Å². The predicted molar refractivity (Wildman–Crippen MR) is 104 cm³/mol. The van der Waals surface area contributed by atoms with E-state index in [9.17, 15) is 22.4 Å². The zero-order valence-corrected chi connectivity index (χ0v) is 15.7. The summed E-state index contributed by atoms with van der Waals surface area (Å²) in [5.74, 6) is -0.256. The van der Waals surface area contributed by atoms with E-state index in [4.69, 9.17) is 0 Å². The Kier molecular flexibility index (Phi) is 6.58. The summed E-state index contributed by atoms with van der Waals surface area (Å²) in [6.07, 6.45) is -4.40. The molecule has 1 aliphatic rings. The molecule has 1 heterocycles. The lowest BCUT2D eigenvalue weighted by molar-refractivity contribution is -0.137. The van der Waals surface area contributed by atoms with Crippen molar-refractivity contribution < 1.29 is 22.4 Å². The highest BCUT2D eigenvalue weighted by Gasteiger charge is 2.30. The van der Waals surface area contributed by atoms with E-state index < -0.39 is 17.8 Å². The van der Waals surface area contributed by atoms with Crippen LogP contribution in [0.15, 0.2) is 48.5 Å². The molecule has 0 atom stereocenters. The van der Waals surface area contributed by atoms with Crippen molar-refractivity contribution in [2.24, 2.45) is 0 Å². The molecule has 2 N–H and O–H groups in total. The molecular weight excluding hydrogens is 388 g/mol. The van der Waals surface area contributed by atoms with Gasteiger partial charge in [0.2, 0.25) is 0 Å². The smallest absolute Gasteiger partial charge is 0.369 e. The van der Waals surface area contributed by atoms with Crippen LogP contribution in [0.4, 0.5) is 33.7 Å². The Morgan fingerprint density at radius 3 is 2.14 bits per heavy atom. The minimum absolute atomic E-state index is 0.256. The molecule has 0 unspecified atom stereocenters. The van der Waals surface area contributed by atoms with Crippen LogP contribution in [0.2, 0.25) is 0 Å². The van der Waals surface area contributed by atoms with Crippen molar-refractivity contribution in [2.45, 2.75) is 6.18 Å². The van der Waals surface area contributed by atoms with Gasteiger partial charge in [-0.05, 0) is 48.5 Å². The largest absolute Gasteiger partial charge is 0.416 e. The van der Waals surface area contributed by atoms with E-state index in [1.807, 2.05) is 0 Å². The Morgan fingerprint density at radius 1 is 0.931 bits per heavy atom. The summed E-state index contributed by atoms with van der Waals surface area (Å²) in [5.41, 5.74) is 0.520. The van der Waals surface area contributed by atoms with Crippen LogP contribution in [0.5, 0.6) is 0 Å². The first-order chi connectivity index (χ1) is 13.8. The first kappa shape index (κ1) is 20.9. The molecule has 3 rings (SSSR count). The number of rotatable bonds is 5. The third-order valence-electron chi connectivity index (χ3n) is 4.75. The Hall–Kier alpha value is -2.81. The van der Waals surface area contributed by atoms with Gasteiger partial charge < -0.3 is 15.5 Å². The van der Waals surface area contributed by atoms with E-state index in [0.29, 0.717) is 18.8 Å². The van der Waals surface area contributed by atoms with Gasteiger partial charge in [-0.3, -0.25) is 4.90 Å². The van der Waals surface area contributed by atoms with Crippen molar-refractivity contribution in [3.63, 3.8) is 0 Å². The number of urea groups is 1. The molecule has 1 fully saturated rings. The Bertz CT molecular complexity index is 801. The number of piperazine rings is 1. The number of carbonyl (C=O) groups excluding carboxylic acids is 1. The number of alkyl halides is 3. The number of carbonyl (C=O) groups is 1. The summed E-state index contributed by atoms with van der Waals surface area (Å²) in [4.78, 5) is 16.3. The molecule has 1 saturated heterocycles. The van der Waals surface area contributed by atoms with E-state index in [1.54, 1.807) is 12.1 Å². The molecule has 0 aromatic heterocycles. The second kappa shape index (κ2) is 9.13. The van der Waals surface area contributed by atoms with Gasteiger partial charge in [-0.1, -0.05) is 0 Å².